The van der Waals surface area contributed by atoms with Crippen LogP contribution in [-0.2, 0) is 16.4 Å². The van der Waals surface area contributed by atoms with Gasteiger partial charge in [-0.25, -0.2) is 8.42 Å². The van der Waals surface area contributed by atoms with Crippen molar-refractivity contribution in [3.05, 3.63) is 101 Å². The fourth-order valence-electron chi connectivity index (χ4n) is 5.55. The minimum absolute atomic E-state index is 0.219. The van der Waals surface area contributed by atoms with E-state index >= 15 is 0 Å². The molecule has 0 saturated carbocycles. The maximum absolute atomic E-state index is 11.9. The molecule has 4 aromatic rings. The van der Waals surface area contributed by atoms with E-state index in [0.717, 1.165) is 41.0 Å². The molecular weight excluding hydrogens is 542 g/mol. The molecular formula is C30H33N5O3S2. The van der Waals surface area contributed by atoms with Gasteiger partial charge in [-0.3, -0.25) is 9.71 Å². The number of benzene rings is 2. The normalized spacial score (nSPS) is 17.1. The Balaban J connectivity index is 1.68. The molecule has 2 N–H and O–H groups in total. The number of rotatable bonds is 8. The van der Waals surface area contributed by atoms with Crippen LogP contribution in [0.5, 0.6) is 5.75 Å². The summed E-state index contributed by atoms with van der Waals surface area (Å²) in [4.78, 5) is 6.74. The minimum Gasteiger partial charge on any atom is -0.494 e. The molecule has 5 rings (SSSR count). The van der Waals surface area contributed by atoms with E-state index in [4.69, 9.17) is 17.0 Å². The highest BCUT2D eigenvalue weighted by atomic mass is 32.2. The summed E-state index contributed by atoms with van der Waals surface area (Å²) < 4.78 is 34.2. The maximum Gasteiger partial charge on any atom is 0.229 e. The number of nitrogens with one attached hydrogen (secondary N) is 2. The SMILES string of the molecule is CCc1ccccc1-n1c(C)cc([C@@H]2[C@@H](c3ccccn3)NC(=S)N2c2ccc(NS(C)(=O)=O)c(OC)c2)c1C. The van der Waals surface area contributed by atoms with Gasteiger partial charge < -0.3 is 19.5 Å². The van der Waals surface area contributed by atoms with Gasteiger partial charge in [0.25, 0.3) is 0 Å². The van der Waals surface area contributed by atoms with Crippen LogP contribution in [0.15, 0.2) is 72.9 Å². The first-order valence-electron chi connectivity index (χ1n) is 13.1. The first kappa shape index (κ1) is 27.7. The first-order chi connectivity index (χ1) is 19.1. The van der Waals surface area contributed by atoms with Crippen molar-refractivity contribution in [2.45, 2.75) is 39.3 Å². The van der Waals surface area contributed by atoms with Crippen LogP contribution in [0.2, 0.25) is 0 Å². The monoisotopic (exact) mass is 575 g/mol. The third-order valence-corrected chi connectivity index (χ3v) is 8.16. The number of anilines is 2. The van der Waals surface area contributed by atoms with Crippen molar-refractivity contribution in [3.8, 4) is 11.4 Å². The summed E-state index contributed by atoms with van der Waals surface area (Å²) in [7, 11) is -1.97. The van der Waals surface area contributed by atoms with Gasteiger partial charge in [-0.2, -0.15) is 0 Å². The highest BCUT2D eigenvalue weighted by molar-refractivity contribution is 7.92. The average molecular weight is 576 g/mol. The molecule has 3 heterocycles. The zero-order valence-corrected chi connectivity index (χ0v) is 24.8. The zero-order chi connectivity index (χ0) is 28.6. The predicted molar refractivity (Wildman–Crippen MR) is 164 cm³/mol. The lowest BCUT2D eigenvalue weighted by Crippen LogP contribution is -2.29. The van der Waals surface area contributed by atoms with E-state index in [-0.39, 0.29) is 12.1 Å². The number of nitrogens with zero attached hydrogens (tertiary/aromatic N) is 3. The first-order valence-corrected chi connectivity index (χ1v) is 15.4. The summed E-state index contributed by atoms with van der Waals surface area (Å²) in [6.45, 7) is 6.43. The van der Waals surface area contributed by atoms with Gasteiger partial charge in [0.05, 0.1) is 36.8 Å². The van der Waals surface area contributed by atoms with Gasteiger partial charge in [0, 0.05) is 35.0 Å². The highest BCUT2D eigenvalue weighted by Gasteiger charge is 2.42. The molecule has 0 aliphatic carbocycles. The summed E-state index contributed by atoms with van der Waals surface area (Å²) >= 11 is 5.92. The second-order valence-electron chi connectivity index (χ2n) is 9.90. The quantitative estimate of drug-likeness (QED) is 0.264. The lowest BCUT2D eigenvalue weighted by Gasteiger charge is -2.29. The smallest absolute Gasteiger partial charge is 0.229 e. The Labute approximate surface area is 241 Å². The van der Waals surface area contributed by atoms with Gasteiger partial charge >= 0.3 is 0 Å². The second kappa shape index (κ2) is 10.9. The number of hydrogen-bond donors (Lipinski definition) is 2. The van der Waals surface area contributed by atoms with E-state index in [1.54, 1.807) is 18.3 Å². The molecule has 0 bridgehead atoms. The number of aromatic nitrogens is 2. The van der Waals surface area contributed by atoms with Crippen LogP contribution in [0.3, 0.4) is 0 Å². The Morgan fingerprint density at radius 3 is 2.50 bits per heavy atom. The Kier molecular flexibility index (Phi) is 7.57. The third-order valence-electron chi connectivity index (χ3n) is 7.26. The Bertz CT molecular complexity index is 1670. The second-order valence-corrected chi connectivity index (χ2v) is 12.0. The summed E-state index contributed by atoms with van der Waals surface area (Å²) in [5.74, 6) is 0.396. The van der Waals surface area contributed by atoms with Crippen LogP contribution in [0, 0.1) is 13.8 Å². The fourth-order valence-corrected chi connectivity index (χ4v) is 6.46. The molecule has 0 amide bonds. The number of pyridine rings is 1. The number of aryl methyl sites for hydroxylation is 2. The topological polar surface area (TPSA) is 88.5 Å². The lowest BCUT2D eigenvalue weighted by atomic mass is 9.96. The molecule has 1 aliphatic rings. The zero-order valence-electron chi connectivity index (χ0n) is 23.2. The van der Waals surface area contributed by atoms with Crippen molar-refractivity contribution in [1.82, 2.24) is 14.9 Å². The Hall–Kier alpha value is -3.89. The molecule has 1 fully saturated rings. The molecule has 40 heavy (non-hydrogen) atoms. The van der Waals surface area contributed by atoms with Crippen LogP contribution >= 0.6 is 12.2 Å². The van der Waals surface area contributed by atoms with Crippen LogP contribution in [-0.4, -0.2) is 36.4 Å². The van der Waals surface area contributed by atoms with Crippen molar-refractivity contribution in [2.75, 3.05) is 23.0 Å². The summed E-state index contributed by atoms with van der Waals surface area (Å²) in [5.41, 5.74) is 7.79. The Morgan fingerprint density at radius 1 is 1.07 bits per heavy atom. The van der Waals surface area contributed by atoms with E-state index in [0.29, 0.717) is 16.5 Å². The molecule has 208 valence electrons. The van der Waals surface area contributed by atoms with Crippen molar-refractivity contribution in [2.24, 2.45) is 0 Å². The summed E-state index contributed by atoms with van der Waals surface area (Å²) in [5, 5.41) is 4.06. The number of para-hydroxylation sites is 1. The number of hydrogen-bond acceptors (Lipinski definition) is 5. The summed E-state index contributed by atoms with van der Waals surface area (Å²) in [6, 6.07) is 21.5. The minimum atomic E-state index is -3.48. The molecule has 2 aromatic heterocycles. The average Bonchev–Trinajstić information content (AvgIpc) is 3.43. The van der Waals surface area contributed by atoms with E-state index in [1.807, 2.05) is 24.3 Å². The van der Waals surface area contributed by atoms with Crippen LogP contribution in [0.25, 0.3) is 5.69 Å². The van der Waals surface area contributed by atoms with Gasteiger partial charge in [-0.1, -0.05) is 31.2 Å². The van der Waals surface area contributed by atoms with Crippen molar-refractivity contribution in [3.63, 3.8) is 0 Å². The number of methoxy groups -OCH3 is 1. The van der Waals surface area contributed by atoms with E-state index in [2.05, 4.69) is 75.6 Å². The highest BCUT2D eigenvalue weighted by Crippen LogP contribution is 2.45. The standard InChI is InChI=1S/C30H33N5O3S2/c1-6-21-11-7-8-13-26(21)34-19(2)17-23(20(34)3)29-28(25-12-9-10-16-31-25)32-30(39)35(29)22-14-15-24(27(18-22)38-4)33-40(5,36)37/h7-18,28-29,33H,6H2,1-5H3,(H,32,39)/t28-,29-/m1/s1. The molecule has 0 spiro atoms. The lowest BCUT2D eigenvalue weighted by molar-refractivity contribution is 0.417. The maximum atomic E-state index is 11.9. The molecule has 2 aromatic carbocycles. The van der Waals surface area contributed by atoms with Gasteiger partial charge in [-0.05, 0) is 80.0 Å². The van der Waals surface area contributed by atoms with Crippen molar-refractivity contribution in [1.29, 1.82) is 0 Å². The van der Waals surface area contributed by atoms with Crippen LogP contribution in [0.4, 0.5) is 11.4 Å². The molecule has 0 unspecified atom stereocenters. The number of ether oxygens (including phenoxy) is 1. The molecule has 8 nitrogen and oxygen atoms in total. The Morgan fingerprint density at radius 2 is 1.82 bits per heavy atom. The van der Waals surface area contributed by atoms with E-state index in [9.17, 15) is 8.42 Å². The van der Waals surface area contributed by atoms with Gasteiger partial charge in [0.2, 0.25) is 10.0 Å². The number of sulfonamides is 1. The van der Waals surface area contributed by atoms with Gasteiger partial charge in [0.15, 0.2) is 5.11 Å². The van der Waals surface area contributed by atoms with E-state index in [1.165, 1.54) is 18.4 Å². The van der Waals surface area contributed by atoms with E-state index < -0.39 is 10.0 Å². The number of thiocarbonyl (C=S) groups is 1. The van der Waals surface area contributed by atoms with Crippen LogP contribution < -0.4 is 19.7 Å². The molecule has 1 aliphatic heterocycles. The summed E-state index contributed by atoms with van der Waals surface area (Å²) in [6.07, 6.45) is 3.82. The van der Waals surface area contributed by atoms with Crippen LogP contribution in [0.1, 0.15) is 47.2 Å². The fraction of sp³-hybridized carbons (Fsp3) is 0.267. The third kappa shape index (κ3) is 5.16. The molecule has 10 heteroatoms. The predicted octanol–water partition coefficient (Wildman–Crippen LogP) is 5.61. The van der Waals surface area contributed by atoms with Crippen molar-refractivity contribution >= 4 is 38.7 Å². The molecule has 1 saturated heterocycles. The van der Waals surface area contributed by atoms with Gasteiger partial charge in [0.1, 0.15) is 5.75 Å². The van der Waals surface area contributed by atoms with Crippen molar-refractivity contribution < 1.29 is 13.2 Å². The molecule has 2 atom stereocenters. The molecule has 0 radical (unpaired) electrons. The largest absolute Gasteiger partial charge is 0.494 e. The van der Waals surface area contributed by atoms with Gasteiger partial charge in [-0.15, -0.1) is 0 Å².